The van der Waals surface area contributed by atoms with Gasteiger partial charge in [-0.1, -0.05) is 0 Å². The van der Waals surface area contributed by atoms with Crippen LogP contribution >= 0.6 is 0 Å². The van der Waals surface area contributed by atoms with Crippen LogP contribution in [0, 0.1) is 0 Å². The fourth-order valence-corrected chi connectivity index (χ4v) is 1.13. The van der Waals surface area contributed by atoms with Crippen molar-refractivity contribution in [2.45, 2.75) is 13.0 Å². The number of primary amides is 1. The summed E-state index contributed by atoms with van der Waals surface area (Å²) in [6.45, 7) is 4.36. The maximum atomic E-state index is 10.6. The van der Waals surface area contributed by atoms with Crippen molar-refractivity contribution in [3.05, 3.63) is 0 Å². The average Bonchev–Trinajstić information content (AvgIpc) is 1.88. The van der Waals surface area contributed by atoms with Crippen molar-refractivity contribution in [2.24, 2.45) is 5.73 Å². The second kappa shape index (κ2) is 2.88. The van der Waals surface area contributed by atoms with Crippen molar-refractivity contribution in [1.82, 2.24) is 10.2 Å². The Morgan fingerprint density at radius 1 is 1.80 bits per heavy atom. The molecule has 1 heterocycles. The van der Waals surface area contributed by atoms with Crippen LogP contribution in [-0.4, -0.2) is 36.6 Å². The first-order valence-corrected chi connectivity index (χ1v) is 3.48. The van der Waals surface area contributed by atoms with E-state index in [0.717, 1.165) is 19.6 Å². The molecule has 1 atom stereocenters. The van der Waals surface area contributed by atoms with E-state index < -0.39 is 0 Å². The summed E-state index contributed by atoms with van der Waals surface area (Å²) in [5, 5.41) is 3.22. The minimum Gasteiger partial charge on any atom is -0.351 e. The van der Waals surface area contributed by atoms with Gasteiger partial charge in [-0.25, -0.2) is 4.79 Å². The third-order valence-electron chi connectivity index (χ3n) is 1.68. The second-order valence-corrected chi connectivity index (χ2v) is 2.64. The molecule has 0 aliphatic carbocycles. The second-order valence-electron chi connectivity index (χ2n) is 2.64. The highest BCUT2D eigenvalue weighted by Gasteiger charge is 2.17. The Bertz CT molecular complexity index is 137. The van der Waals surface area contributed by atoms with E-state index in [1.165, 1.54) is 0 Å². The Hall–Kier alpha value is -0.770. The minimum atomic E-state index is -0.312. The van der Waals surface area contributed by atoms with Crippen LogP contribution in [-0.2, 0) is 0 Å². The molecule has 3 N–H and O–H groups in total. The molecule has 1 aliphatic rings. The van der Waals surface area contributed by atoms with E-state index in [1.54, 1.807) is 4.90 Å². The summed E-state index contributed by atoms with van der Waals surface area (Å²) >= 11 is 0. The number of nitrogens with one attached hydrogen (secondary N) is 1. The first-order valence-electron chi connectivity index (χ1n) is 3.48. The molecule has 1 fully saturated rings. The van der Waals surface area contributed by atoms with Crippen molar-refractivity contribution in [2.75, 3.05) is 19.6 Å². The van der Waals surface area contributed by atoms with E-state index in [0.29, 0.717) is 6.04 Å². The Balaban J connectivity index is 2.39. The zero-order valence-electron chi connectivity index (χ0n) is 6.13. The third kappa shape index (κ3) is 1.60. The van der Waals surface area contributed by atoms with E-state index in [4.69, 9.17) is 5.73 Å². The molecule has 0 unspecified atom stereocenters. The molecule has 58 valence electrons. The van der Waals surface area contributed by atoms with Crippen molar-refractivity contribution in [1.29, 1.82) is 0 Å². The highest BCUT2D eigenvalue weighted by atomic mass is 16.2. The van der Waals surface area contributed by atoms with Gasteiger partial charge in [0.15, 0.2) is 0 Å². The van der Waals surface area contributed by atoms with Crippen molar-refractivity contribution in [3.63, 3.8) is 0 Å². The number of rotatable bonds is 0. The summed E-state index contributed by atoms with van der Waals surface area (Å²) in [6.07, 6.45) is 0. The van der Waals surface area contributed by atoms with Gasteiger partial charge >= 0.3 is 6.03 Å². The van der Waals surface area contributed by atoms with Crippen LogP contribution in [0.25, 0.3) is 0 Å². The van der Waals surface area contributed by atoms with E-state index >= 15 is 0 Å². The normalized spacial score (nSPS) is 26.5. The summed E-state index contributed by atoms with van der Waals surface area (Å²) in [5.41, 5.74) is 5.09. The van der Waals surface area contributed by atoms with Crippen LogP contribution in [0.1, 0.15) is 6.92 Å². The first-order chi connectivity index (χ1) is 4.70. The molecule has 0 aromatic heterocycles. The molecule has 0 spiro atoms. The minimum absolute atomic E-state index is 0.312. The summed E-state index contributed by atoms with van der Waals surface area (Å²) in [6, 6.07) is 0.0644. The lowest BCUT2D eigenvalue weighted by molar-refractivity contribution is 0.188. The molecule has 4 nitrogen and oxygen atoms in total. The molecule has 0 aromatic rings. The molecule has 1 aliphatic heterocycles. The van der Waals surface area contributed by atoms with Crippen molar-refractivity contribution in [3.8, 4) is 0 Å². The standard InChI is InChI=1S/C6H13N3O/c1-5-4-9(6(7)10)3-2-8-5/h5,8H,2-4H2,1H3,(H2,7,10)/t5-/m1/s1. The van der Waals surface area contributed by atoms with E-state index in [-0.39, 0.29) is 6.03 Å². The molecule has 0 saturated carbocycles. The number of carbonyl (C=O) groups is 1. The summed E-state index contributed by atoms with van der Waals surface area (Å²) in [7, 11) is 0. The van der Waals surface area contributed by atoms with Gasteiger partial charge in [0.1, 0.15) is 0 Å². The molecular weight excluding hydrogens is 130 g/mol. The summed E-state index contributed by atoms with van der Waals surface area (Å²) < 4.78 is 0. The number of piperazine rings is 1. The molecule has 0 radical (unpaired) electrons. The quantitative estimate of drug-likeness (QED) is 0.474. The van der Waals surface area contributed by atoms with Crippen LogP contribution in [0.15, 0.2) is 0 Å². The Morgan fingerprint density at radius 2 is 2.50 bits per heavy atom. The van der Waals surface area contributed by atoms with Crippen LogP contribution < -0.4 is 11.1 Å². The van der Waals surface area contributed by atoms with Gasteiger partial charge < -0.3 is 16.0 Å². The van der Waals surface area contributed by atoms with Gasteiger partial charge in [0.2, 0.25) is 0 Å². The van der Waals surface area contributed by atoms with Gasteiger partial charge in [0.25, 0.3) is 0 Å². The molecule has 2 amide bonds. The molecule has 1 rings (SSSR count). The lowest BCUT2D eigenvalue weighted by atomic mass is 10.2. The molecule has 4 heteroatoms. The monoisotopic (exact) mass is 143 g/mol. The van der Waals surface area contributed by atoms with Crippen molar-refractivity contribution >= 4 is 6.03 Å². The summed E-state index contributed by atoms with van der Waals surface area (Å²) in [5.74, 6) is 0. The molecule has 0 bridgehead atoms. The Labute approximate surface area is 60.4 Å². The molecule has 10 heavy (non-hydrogen) atoms. The van der Waals surface area contributed by atoms with Crippen LogP contribution in [0.5, 0.6) is 0 Å². The molecular formula is C6H13N3O. The predicted octanol–water partition coefficient (Wildman–Crippen LogP) is -0.641. The third-order valence-corrected chi connectivity index (χ3v) is 1.68. The fraction of sp³-hybridized carbons (Fsp3) is 0.833. The maximum absolute atomic E-state index is 10.6. The lowest BCUT2D eigenvalue weighted by Crippen LogP contribution is -2.52. The first kappa shape index (κ1) is 7.34. The topological polar surface area (TPSA) is 58.4 Å². The number of hydrogen-bond donors (Lipinski definition) is 2. The van der Waals surface area contributed by atoms with Gasteiger partial charge in [-0.15, -0.1) is 0 Å². The smallest absolute Gasteiger partial charge is 0.314 e. The van der Waals surface area contributed by atoms with Gasteiger partial charge in [-0.2, -0.15) is 0 Å². The van der Waals surface area contributed by atoms with Gasteiger partial charge in [-0.3, -0.25) is 0 Å². The Kier molecular flexibility index (Phi) is 2.11. The van der Waals surface area contributed by atoms with Gasteiger partial charge in [0, 0.05) is 25.7 Å². The number of nitrogens with two attached hydrogens (primary N) is 1. The highest BCUT2D eigenvalue weighted by Crippen LogP contribution is 1.96. The number of hydrogen-bond acceptors (Lipinski definition) is 2. The zero-order chi connectivity index (χ0) is 7.56. The Morgan fingerprint density at radius 3 is 2.90 bits per heavy atom. The number of urea groups is 1. The SMILES string of the molecule is C[C@@H]1CN(C(N)=O)CCN1. The van der Waals surface area contributed by atoms with Gasteiger partial charge in [0.05, 0.1) is 0 Å². The van der Waals surface area contributed by atoms with Crippen molar-refractivity contribution < 1.29 is 4.79 Å². The number of amides is 2. The largest absolute Gasteiger partial charge is 0.351 e. The molecule has 0 aromatic carbocycles. The highest BCUT2D eigenvalue weighted by molar-refractivity contribution is 5.72. The van der Waals surface area contributed by atoms with E-state index in [1.807, 2.05) is 6.92 Å². The fourth-order valence-electron chi connectivity index (χ4n) is 1.13. The summed E-state index contributed by atoms with van der Waals surface area (Å²) in [4.78, 5) is 12.3. The van der Waals surface area contributed by atoms with Crippen LogP contribution in [0.2, 0.25) is 0 Å². The lowest BCUT2D eigenvalue weighted by Gasteiger charge is -2.30. The average molecular weight is 143 g/mol. The number of nitrogens with zero attached hydrogens (tertiary/aromatic N) is 1. The van der Waals surface area contributed by atoms with E-state index in [9.17, 15) is 4.79 Å². The number of carbonyl (C=O) groups excluding carboxylic acids is 1. The van der Waals surface area contributed by atoms with E-state index in [2.05, 4.69) is 5.32 Å². The maximum Gasteiger partial charge on any atom is 0.314 e. The predicted molar refractivity (Wildman–Crippen MR) is 38.6 cm³/mol. The zero-order valence-corrected chi connectivity index (χ0v) is 6.13. The van der Waals surface area contributed by atoms with Crippen LogP contribution in [0.4, 0.5) is 4.79 Å². The van der Waals surface area contributed by atoms with Gasteiger partial charge in [-0.05, 0) is 6.92 Å². The van der Waals surface area contributed by atoms with Crippen LogP contribution in [0.3, 0.4) is 0 Å². The molecule has 1 saturated heterocycles.